The Morgan fingerprint density at radius 3 is 2.29 bits per heavy atom. The standard InChI is InChI=1S/C23H27N3O2/c24-22(27)19-10-13-26(14-11-19)23(28)20-7-5-17(6-8-20)15-25-12-9-18-3-1-2-4-21(18)16-25/h1-8,19H,9-16H2,(H2,24,27). The van der Waals surface area contributed by atoms with E-state index >= 15 is 0 Å². The van der Waals surface area contributed by atoms with E-state index in [4.69, 9.17) is 5.73 Å². The first kappa shape index (κ1) is 18.7. The maximum atomic E-state index is 12.7. The highest BCUT2D eigenvalue weighted by molar-refractivity contribution is 5.94. The van der Waals surface area contributed by atoms with E-state index in [2.05, 4.69) is 41.3 Å². The Hall–Kier alpha value is -2.66. The summed E-state index contributed by atoms with van der Waals surface area (Å²) >= 11 is 0. The predicted octanol–water partition coefficient (Wildman–Crippen LogP) is 2.58. The number of carbonyl (C=O) groups excluding carboxylic acids is 2. The van der Waals surface area contributed by atoms with E-state index < -0.39 is 0 Å². The first-order chi connectivity index (χ1) is 13.6. The second-order valence-corrected chi connectivity index (χ2v) is 7.90. The number of piperidine rings is 1. The molecule has 0 aromatic heterocycles. The van der Waals surface area contributed by atoms with Gasteiger partial charge in [0.25, 0.3) is 5.91 Å². The SMILES string of the molecule is NC(=O)C1CCN(C(=O)c2ccc(CN3CCc4ccccc4C3)cc2)CC1. The Morgan fingerprint density at radius 2 is 1.61 bits per heavy atom. The molecule has 2 aliphatic rings. The minimum Gasteiger partial charge on any atom is -0.369 e. The van der Waals surface area contributed by atoms with E-state index in [-0.39, 0.29) is 17.7 Å². The molecule has 2 aliphatic heterocycles. The quantitative estimate of drug-likeness (QED) is 0.891. The van der Waals surface area contributed by atoms with Crippen LogP contribution in [0.3, 0.4) is 0 Å². The summed E-state index contributed by atoms with van der Waals surface area (Å²) < 4.78 is 0. The molecule has 0 bridgehead atoms. The van der Waals surface area contributed by atoms with E-state index in [0.717, 1.165) is 26.1 Å². The molecule has 2 amide bonds. The van der Waals surface area contributed by atoms with E-state index in [1.165, 1.54) is 16.7 Å². The Labute approximate surface area is 166 Å². The van der Waals surface area contributed by atoms with Gasteiger partial charge in [0.05, 0.1) is 0 Å². The fourth-order valence-corrected chi connectivity index (χ4v) is 4.25. The predicted molar refractivity (Wildman–Crippen MR) is 109 cm³/mol. The minimum absolute atomic E-state index is 0.0429. The van der Waals surface area contributed by atoms with E-state index in [1.54, 1.807) is 0 Å². The first-order valence-electron chi connectivity index (χ1n) is 10.1. The number of primary amides is 1. The van der Waals surface area contributed by atoms with Gasteiger partial charge in [0.2, 0.25) is 5.91 Å². The number of nitrogens with zero attached hydrogens (tertiary/aromatic N) is 2. The molecule has 0 spiro atoms. The summed E-state index contributed by atoms with van der Waals surface area (Å²) in [6.07, 6.45) is 2.42. The van der Waals surface area contributed by atoms with Gasteiger partial charge in [-0.15, -0.1) is 0 Å². The zero-order chi connectivity index (χ0) is 19.5. The normalized spacial score (nSPS) is 17.9. The van der Waals surface area contributed by atoms with Crippen molar-refractivity contribution < 1.29 is 9.59 Å². The summed E-state index contributed by atoms with van der Waals surface area (Å²) in [6.45, 7) is 4.13. The molecule has 0 aliphatic carbocycles. The first-order valence-corrected chi connectivity index (χ1v) is 10.1. The summed E-state index contributed by atoms with van der Waals surface area (Å²) in [4.78, 5) is 28.3. The van der Waals surface area contributed by atoms with Crippen LogP contribution in [0.5, 0.6) is 0 Å². The van der Waals surface area contributed by atoms with Gasteiger partial charge in [-0.05, 0) is 48.1 Å². The molecular weight excluding hydrogens is 350 g/mol. The van der Waals surface area contributed by atoms with Crippen LogP contribution in [-0.4, -0.2) is 41.2 Å². The molecule has 5 nitrogen and oxygen atoms in total. The Balaban J connectivity index is 1.34. The van der Waals surface area contributed by atoms with Crippen molar-refractivity contribution in [1.29, 1.82) is 0 Å². The lowest BCUT2D eigenvalue weighted by molar-refractivity contribution is -0.123. The van der Waals surface area contributed by atoms with Crippen LogP contribution >= 0.6 is 0 Å². The molecule has 1 saturated heterocycles. The smallest absolute Gasteiger partial charge is 0.253 e. The molecule has 0 saturated carbocycles. The number of benzene rings is 2. The number of amides is 2. The van der Waals surface area contributed by atoms with Gasteiger partial charge in [0, 0.05) is 44.2 Å². The van der Waals surface area contributed by atoms with Gasteiger partial charge in [-0.3, -0.25) is 14.5 Å². The van der Waals surface area contributed by atoms with Gasteiger partial charge < -0.3 is 10.6 Å². The summed E-state index contributed by atoms with van der Waals surface area (Å²) in [5.74, 6) is -0.306. The van der Waals surface area contributed by atoms with Crippen molar-refractivity contribution in [3.05, 3.63) is 70.8 Å². The van der Waals surface area contributed by atoms with Crippen LogP contribution in [0.25, 0.3) is 0 Å². The number of carbonyl (C=O) groups is 2. The molecule has 1 fully saturated rings. The van der Waals surface area contributed by atoms with E-state index in [9.17, 15) is 9.59 Å². The molecule has 0 unspecified atom stereocenters. The van der Waals surface area contributed by atoms with E-state index in [0.29, 0.717) is 31.5 Å². The zero-order valence-electron chi connectivity index (χ0n) is 16.1. The van der Waals surface area contributed by atoms with Gasteiger partial charge in [-0.25, -0.2) is 0 Å². The zero-order valence-corrected chi connectivity index (χ0v) is 16.1. The van der Waals surface area contributed by atoms with E-state index in [1.807, 2.05) is 17.0 Å². The molecule has 146 valence electrons. The number of likely N-dealkylation sites (tertiary alicyclic amines) is 1. The number of hydrogen-bond acceptors (Lipinski definition) is 3. The van der Waals surface area contributed by atoms with Crippen molar-refractivity contribution in [1.82, 2.24) is 9.80 Å². The number of hydrogen-bond donors (Lipinski definition) is 1. The van der Waals surface area contributed by atoms with Gasteiger partial charge in [0.15, 0.2) is 0 Å². The number of rotatable bonds is 4. The fourth-order valence-electron chi connectivity index (χ4n) is 4.25. The van der Waals surface area contributed by atoms with Gasteiger partial charge >= 0.3 is 0 Å². The fraction of sp³-hybridized carbons (Fsp3) is 0.391. The molecule has 2 N–H and O–H groups in total. The lowest BCUT2D eigenvalue weighted by Crippen LogP contribution is -2.41. The van der Waals surface area contributed by atoms with Crippen molar-refractivity contribution in [2.45, 2.75) is 32.4 Å². The Bertz CT molecular complexity index is 854. The second kappa shape index (κ2) is 8.15. The molecular formula is C23H27N3O2. The van der Waals surface area contributed by atoms with Crippen LogP contribution in [0.2, 0.25) is 0 Å². The molecule has 2 heterocycles. The third-order valence-corrected chi connectivity index (χ3v) is 6.00. The number of nitrogens with two attached hydrogens (primary N) is 1. The highest BCUT2D eigenvalue weighted by atomic mass is 16.2. The molecule has 2 aromatic carbocycles. The Morgan fingerprint density at radius 1 is 0.929 bits per heavy atom. The average Bonchev–Trinajstić information content (AvgIpc) is 2.74. The van der Waals surface area contributed by atoms with Crippen molar-refractivity contribution in [3.8, 4) is 0 Å². The maximum Gasteiger partial charge on any atom is 0.253 e. The summed E-state index contributed by atoms with van der Waals surface area (Å²) in [5, 5.41) is 0. The third-order valence-electron chi connectivity index (χ3n) is 6.00. The minimum atomic E-state index is -0.253. The Kier molecular flexibility index (Phi) is 5.44. The maximum absolute atomic E-state index is 12.7. The highest BCUT2D eigenvalue weighted by Crippen LogP contribution is 2.21. The summed E-state index contributed by atoms with van der Waals surface area (Å²) in [5.41, 5.74) is 10.2. The van der Waals surface area contributed by atoms with Crippen molar-refractivity contribution in [2.75, 3.05) is 19.6 Å². The lowest BCUT2D eigenvalue weighted by atomic mass is 9.95. The van der Waals surface area contributed by atoms with Gasteiger partial charge in [-0.1, -0.05) is 36.4 Å². The van der Waals surface area contributed by atoms with Crippen LogP contribution in [0.15, 0.2) is 48.5 Å². The second-order valence-electron chi connectivity index (χ2n) is 7.90. The molecule has 28 heavy (non-hydrogen) atoms. The van der Waals surface area contributed by atoms with Crippen molar-refractivity contribution in [3.63, 3.8) is 0 Å². The number of fused-ring (bicyclic) bond motifs is 1. The monoisotopic (exact) mass is 377 g/mol. The lowest BCUT2D eigenvalue weighted by Gasteiger charge is -2.31. The molecule has 0 radical (unpaired) electrons. The highest BCUT2D eigenvalue weighted by Gasteiger charge is 2.26. The molecule has 5 heteroatoms. The van der Waals surface area contributed by atoms with Crippen LogP contribution < -0.4 is 5.73 Å². The van der Waals surface area contributed by atoms with Gasteiger partial charge in [0.1, 0.15) is 0 Å². The molecule has 2 aromatic rings. The topological polar surface area (TPSA) is 66.6 Å². The van der Waals surface area contributed by atoms with Crippen molar-refractivity contribution >= 4 is 11.8 Å². The van der Waals surface area contributed by atoms with Crippen LogP contribution in [0.1, 0.15) is 39.9 Å². The van der Waals surface area contributed by atoms with Crippen LogP contribution in [0, 0.1) is 5.92 Å². The van der Waals surface area contributed by atoms with Crippen molar-refractivity contribution in [2.24, 2.45) is 11.7 Å². The van der Waals surface area contributed by atoms with Crippen LogP contribution in [0.4, 0.5) is 0 Å². The molecule has 0 atom stereocenters. The summed E-state index contributed by atoms with van der Waals surface area (Å²) in [7, 11) is 0. The molecule has 4 rings (SSSR count). The largest absolute Gasteiger partial charge is 0.369 e. The van der Waals surface area contributed by atoms with Gasteiger partial charge in [-0.2, -0.15) is 0 Å². The average molecular weight is 377 g/mol. The summed E-state index contributed by atoms with van der Waals surface area (Å²) in [6, 6.07) is 16.6. The third kappa shape index (κ3) is 4.09. The van der Waals surface area contributed by atoms with Crippen LogP contribution in [-0.2, 0) is 24.3 Å².